The van der Waals surface area contributed by atoms with Gasteiger partial charge in [0, 0.05) is 24.8 Å². The van der Waals surface area contributed by atoms with Gasteiger partial charge < -0.3 is 15.3 Å². The van der Waals surface area contributed by atoms with Crippen LogP contribution < -0.4 is 5.32 Å². The smallest absolute Gasteiger partial charge is 0.407 e. The normalized spacial score (nSPS) is 15.7. The lowest BCUT2D eigenvalue weighted by molar-refractivity contribution is 0.134. The first-order chi connectivity index (χ1) is 12.4. The van der Waals surface area contributed by atoms with Gasteiger partial charge in [0.05, 0.1) is 9.79 Å². The highest BCUT2D eigenvalue weighted by Gasteiger charge is 2.22. The molecule has 0 atom stereocenters. The van der Waals surface area contributed by atoms with Crippen LogP contribution >= 0.6 is 0 Å². The second-order valence-electron chi connectivity index (χ2n) is 6.17. The molecule has 3 rings (SSSR count). The van der Waals surface area contributed by atoms with Gasteiger partial charge in [-0.05, 0) is 61.4 Å². The lowest BCUT2D eigenvalue weighted by Crippen LogP contribution is -2.41. The van der Waals surface area contributed by atoms with E-state index in [1.54, 1.807) is 12.1 Å². The Labute approximate surface area is 151 Å². The maximum absolute atomic E-state index is 13.0. The van der Waals surface area contributed by atoms with E-state index in [0.717, 1.165) is 17.8 Å². The Morgan fingerprint density at radius 2 is 1.50 bits per heavy atom. The Bertz CT molecular complexity index is 874. The summed E-state index contributed by atoms with van der Waals surface area (Å²) in [6.45, 7) is 0.952. The molecule has 1 heterocycles. The van der Waals surface area contributed by atoms with E-state index >= 15 is 0 Å². The van der Waals surface area contributed by atoms with Crippen molar-refractivity contribution in [1.29, 1.82) is 0 Å². The van der Waals surface area contributed by atoms with E-state index in [1.807, 2.05) is 0 Å². The molecule has 1 amide bonds. The van der Waals surface area contributed by atoms with Crippen molar-refractivity contribution in [3.63, 3.8) is 0 Å². The van der Waals surface area contributed by atoms with Crippen LogP contribution in [0.1, 0.15) is 12.8 Å². The van der Waals surface area contributed by atoms with Crippen molar-refractivity contribution in [2.24, 2.45) is 0 Å². The van der Waals surface area contributed by atoms with Crippen molar-refractivity contribution < 1.29 is 22.7 Å². The molecule has 0 aliphatic carbocycles. The van der Waals surface area contributed by atoms with Gasteiger partial charge >= 0.3 is 6.09 Å². The second kappa shape index (κ2) is 7.33. The summed E-state index contributed by atoms with van der Waals surface area (Å²) in [4.78, 5) is 12.5. The molecule has 26 heavy (non-hydrogen) atoms. The zero-order valence-electron chi connectivity index (χ0n) is 13.9. The third-order valence-electron chi connectivity index (χ3n) is 4.42. The number of likely N-dealkylation sites (tertiary alicyclic amines) is 1. The van der Waals surface area contributed by atoms with Gasteiger partial charge in [-0.3, -0.25) is 0 Å². The van der Waals surface area contributed by atoms with Crippen LogP contribution in [0.15, 0.2) is 58.3 Å². The quantitative estimate of drug-likeness (QED) is 0.798. The number of halogens is 1. The molecule has 0 spiro atoms. The first kappa shape index (κ1) is 18.2. The van der Waals surface area contributed by atoms with Crippen LogP contribution in [0.2, 0.25) is 0 Å². The minimum Gasteiger partial charge on any atom is -0.465 e. The van der Waals surface area contributed by atoms with Gasteiger partial charge in [-0.2, -0.15) is 0 Å². The monoisotopic (exact) mass is 378 g/mol. The van der Waals surface area contributed by atoms with Gasteiger partial charge in [-0.15, -0.1) is 0 Å². The first-order valence-electron chi connectivity index (χ1n) is 8.21. The van der Waals surface area contributed by atoms with Crippen LogP contribution in [-0.4, -0.2) is 43.6 Å². The summed E-state index contributed by atoms with van der Waals surface area (Å²) in [7, 11) is -3.69. The largest absolute Gasteiger partial charge is 0.465 e. The maximum atomic E-state index is 13.0. The van der Waals surface area contributed by atoms with E-state index in [2.05, 4.69) is 5.32 Å². The Morgan fingerprint density at radius 3 is 2.00 bits per heavy atom. The van der Waals surface area contributed by atoms with Crippen LogP contribution in [-0.2, 0) is 9.84 Å². The molecule has 1 fully saturated rings. The molecule has 2 aromatic rings. The lowest BCUT2D eigenvalue weighted by atomic mass is 10.1. The molecular formula is C18H19FN2O4S. The Morgan fingerprint density at radius 1 is 1.00 bits per heavy atom. The number of piperidine rings is 1. The molecule has 1 saturated heterocycles. The Kier molecular flexibility index (Phi) is 5.13. The van der Waals surface area contributed by atoms with E-state index in [4.69, 9.17) is 5.11 Å². The molecule has 0 aromatic heterocycles. The van der Waals surface area contributed by atoms with Gasteiger partial charge in [0.15, 0.2) is 0 Å². The number of hydrogen-bond donors (Lipinski definition) is 2. The van der Waals surface area contributed by atoms with Gasteiger partial charge in [-0.25, -0.2) is 17.6 Å². The minimum absolute atomic E-state index is 0.0423. The molecule has 0 unspecified atom stereocenters. The SMILES string of the molecule is O=C(O)N1CCC(Nc2ccc(S(=O)(=O)c3ccc(F)cc3)cc2)CC1. The molecule has 138 valence electrons. The summed E-state index contributed by atoms with van der Waals surface area (Å²) in [5.74, 6) is -0.488. The summed E-state index contributed by atoms with van der Waals surface area (Å²) in [5, 5.41) is 12.3. The average molecular weight is 378 g/mol. The zero-order chi connectivity index (χ0) is 18.7. The number of nitrogens with zero attached hydrogens (tertiary/aromatic N) is 1. The predicted octanol–water partition coefficient (Wildman–Crippen LogP) is 3.21. The standard InChI is InChI=1S/C18H19FN2O4S/c19-13-1-5-16(6-2-13)26(24,25)17-7-3-14(4-8-17)20-15-9-11-21(12-10-15)18(22)23/h1-8,15,20H,9-12H2,(H,22,23). The molecule has 1 aliphatic rings. The highest BCUT2D eigenvalue weighted by molar-refractivity contribution is 7.91. The van der Waals surface area contributed by atoms with E-state index in [-0.39, 0.29) is 15.8 Å². The van der Waals surface area contributed by atoms with Crippen molar-refractivity contribution >= 4 is 21.6 Å². The fraction of sp³-hybridized carbons (Fsp3) is 0.278. The molecule has 8 heteroatoms. The summed E-state index contributed by atoms with van der Waals surface area (Å²) >= 11 is 0. The van der Waals surface area contributed by atoms with Gasteiger partial charge in [0.25, 0.3) is 0 Å². The van der Waals surface area contributed by atoms with Gasteiger partial charge in [0.1, 0.15) is 5.82 Å². The number of sulfone groups is 1. The number of hydrogen-bond acceptors (Lipinski definition) is 4. The van der Waals surface area contributed by atoms with Crippen molar-refractivity contribution in [2.75, 3.05) is 18.4 Å². The molecule has 6 nitrogen and oxygen atoms in total. The van der Waals surface area contributed by atoms with Crippen molar-refractivity contribution in [2.45, 2.75) is 28.7 Å². The first-order valence-corrected chi connectivity index (χ1v) is 9.70. The topological polar surface area (TPSA) is 86.7 Å². The third kappa shape index (κ3) is 3.96. The maximum Gasteiger partial charge on any atom is 0.407 e. The molecule has 0 radical (unpaired) electrons. The fourth-order valence-corrected chi connectivity index (χ4v) is 4.19. The van der Waals surface area contributed by atoms with Crippen LogP contribution in [0.3, 0.4) is 0 Å². The molecule has 2 aromatic carbocycles. The predicted molar refractivity (Wildman–Crippen MR) is 94.5 cm³/mol. The lowest BCUT2D eigenvalue weighted by Gasteiger charge is -2.31. The molecule has 0 bridgehead atoms. The van der Waals surface area contributed by atoms with Crippen LogP contribution in [0.25, 0.3) is 0 Å². The number of anilines is 1. The van der Waals surface area contributed by atoms with Crippen LogP contribution in [0.5, 0.6) is 0 Å². The zero-order valence-corrected chi connectivity index (χ0v) is 14.7. The van der Waals surface area contributed by atoms with Crippen LogP contribution in [0.4, 0.5) is 14.9 Å². The summed E-state index contributed by atoms with van der Waals surface area (Å²) in [6.07, 6.45) is 0.489. The number of carbonyl (C=O) groups is 1. The second-order valence-corrected chi connectivity index (χ2v) is 8.12. The number of nitrogens with one attached hydrogen (secondary N) is 1. The molecule has 2 N–H and O–H groups in total. The van der Waals surface area contributed by atoms with E-state index in [0.29, 0.717) is 25.9 Å². The Balaban J connectivity index is 1.67. The molecule has 0 saturated carbocycles. The average Bonchev–Trinajstić information content (AvgIpc) is 2.63. The molecular weight excluding hydrogens is 359 g/mol. The van der Waals surface area contributed by atoms with E-state index < -0.39 is 21.7 Å². The highest BCUT2D eigenvalue weighted by Crippen LogP contribution is 2.24. The van der Waals surface area contributed by atoms with Crippen molar-refractivity contribution in [1.82, 2.24) is 4.90 Å². The summed E-state index contributed by atoms with van der Waals surface area (Å²) < 4.78 is 38.1. The highest BCUT2D eigenvalue weighted by atomic mass is 32.2. The third-order valence-corrected chi connectivity index (χ3v) is 6.21. The van der Waals surface area contributed by atoms with Gasteiger partial charge in [-0.1, -0.05) is 0 Å². The van der Waals surface area contributed by atoms with Gasteiger partial charge in [0.2, 0.25) is 9.84 Å². The number of benzene rings is 2. The van der Waals surface area contributed by atoms with E-state index in [9.17, 15) is 17.6 Å². The number of carboxylic acid groups (broad SMARTS) is 1. The van der Waals surface area contributed by atoms with E-state index in [1.165, 1.54) is 29.2 Å². The Hall–Kier alpha value is -2.61. The summed E-state index contributed by atoms with van der Waals surface area (Å²) in [6, 6.07) is 11.2. The summed E-state index contributed by atoms with van der Waals surface area (Å²) in [5.41, 5.74) is 0.775. The number of amides is 1. The van der Waals surface area contributed by atoms with Crippen molar-refractivity contribution in [3.8, 4) is 0 Å². The minimum atomic E-state index is -3.69. The number of rotatable bonds is 4. The van der Waals surface area contributed by atoms with Crippen molar-refractivity contribution in [3.05, 3.63) is 54.3 Å². The van der Waals surface area contributed by atoms with Crippen LogP contribution in [0, 0.1) is 5.82 Å². The molecule has 1 aliphatic heterocycles. The fourth-order valence-electron chi connectivity index (χ4n) is 2.93.